The van der Waals surface area contributed by atoms with Crippen LogP contribution in [0.25, 0.3) is 0 Å². The molecule has 1 N–H and O–H groups in total. The Morgan fingerprint density at radius 2 is 0.977 bits per heavy atom. The van der Waals surface area contributed by atoms with Gasteiger partial charge in [0.1, 0.15) is 12.7 Å². The van der Waals surface area contributed by atoms with Gasteiger partial charge in [-0.15, -0.1) is 0 Å². The van der Waals surface area contributed by atoms with Gasteiger partial charge in [0.25, 0.3) is 0 Å². The summed E-state index contributed by atoms with van der Waals surface area (Å²) < 4.78 is 10.8. The zero-order valence-electron chi connectivity index (χ0n) is 28.5. The van der Waals surface area contributed by atoms with Crippen molar-refractivity contribution in [3.63, 3.8) is 0 Å². The predicted octanol–water partition coefficient (Wildman–Crippen LogP) is 11.5. The number of ether oxygens (including phenoxy) is 1. The van der Waals surface area contributed by atoms with Crippen LogP contribution in [0.3, 0.4) is 0 Å². The van der Waals surface area contributed by atoms with Gasteiger partial charge < -0.3 is 14.4 Å². The minimum atomic E-state index is -0.619. The minimum absolute atomic E-state index is 0.0153. The molecule has 2 atom stereocenters. The van der Waals surface area contributed by atoms with E-state index in [1.807, 2.05) is 0 Å². The molecule has 0 aliphatic heterocycles. The van der Waals surface area contributed by atoms with E-state index >= 15 is 0 Å². The SMILES string of the molecule is CCCCCCCC/C=C\CCCCCCCC(=O)POC(CO)COC(=O)CCCCCCCCCCCCCCC. The number of carbonyl (C=O) groups excluding carboxylic acids is 2. The predicted molar refractivity (Wildman–Crippen MR) is 186 cm³/mol. The third-order valence-corrected chi connectivity index (χ3v) is 9.05. The van der Waals surface area contributed by atoms with Crippen LogP contribution in [-0.2, 0) is 18.8 Å². The summed E-state index contributed by atoms with van der Waals surface area (Å²) in [7, 11) is -0.292. The van der Waals surface area contributed by atoms with Crippen molar-refractivity contribution in [3.8, 4) is 0 Å². The number of rotatable bonds is 35. The lowest BCUT2D eigenvalue weighted by Gasteiger charge is -2.15. The monoisotopic (exact) mass is 627 g/mol. The lowest BCUT2D eigenvalue weighted by Crippen LogP contribution is -2.23. The van der Waals surface area contributed by atoms with Crippen molar-refractivity contribution in [2.24, 2.45) is 0 Å². The van der Waals surface area contributed by atoms with Crippen molar-refractivity contribution in [1.29, 1.82) is 0 Å². The van der Waals surface area contributed by atoms with Crippen LogP contribution in [0.5, 0.6) is 0 Å². The molecule has 0 saturated heterocycles. The van der Waals surface area contributed by atoms with Crippen molar-refractivity contribution in [2.45, 2.75) is 200 Å². The lowest BCUT2D eigenvalue weighted by molar-refractivity contribution is -0.146. The molecule has 0 bridgehead atoms. The largest absolute Gasteiger partial charge is 0.463 e. The Hall–Kier alpha value is -0.770. The van der Waals surface area contributed by atoms with E-state index in [1.165, 1.54) is 128 Å². The first-order valence-corrected chi connectivity index (χ1v) is 19.4. The third-order valence-electron chi connectivity index (χ3n) is 8.12. The number of aliphatic hydroxyl groups is 1. The van der Waals surface area contributed by atoms with Gasteiger partial charge in [0.05, 0.1) is 15.4 Å². The molecule has 0 aliphatic carbocycles. The molecule has 0 saturated carbocycles. The van der Waals surface area contributed by atoms with Crippen LogP contribution in [0, 0.1) is 0 Å². The van der Waals surface area contributed by atoms with Crippen LogP contribution in [-0.4, -0.2) is 35.9 Å². The number of aliphatic hydroxyl groups excluding tert-OH is 1. The Morgan fingerprint density at radius 3 is 1.42 bits per heavy atom. The molecular weight excluding hydrogens is 555 g/mol. The molecule has 5 nitrogen and oxygen atoms in total. The number of carbonyl (C=O) groups is 2. The normalized spacial score (nSPS) is 12.5. The highest BCUT2D eigenvalue weighted by Gasteiger charge is 2.14. The third kappa shape index (κ3) is 34.0. The maximum absolute atomic E-state index is 12.2. The maximum Gasteiger partial charge on any atom is 0.305 e. The second kappa shape index (κ2) is 35.7. The van der Waals surface area contributed by atoms with E-state index in [2.05, 4.69) is 26.0 Å². The second-order valence-corrected chi connectivity index (χ2v) is 13.5. The number of esters is 1. The average molecular weight is 627 g/mol. The van der Waals surface area contributed by atoms with E-state index in [0.717, 1.165) is 38.5 Å². The Morgan fingerprint density at radius 1 is 0.581 bits per heavy atom. The Kier molecular flexibility index (Phi) is 35.1. The molecule has 0 rings (SSSR count). The highest BCUT2D eigenvalue weighted by molar-refractivity contribution is 7.53. The van der Waals surface area contributed by atoms with Gasteiger partial charge in [-0.05, 0) is 38.5 Å². The van der Waals surface area contributed by atoms with Crippen LogP contribution >= 0.6 is 8.81 Å². The van der Waals surface area contributed by atoms with E-state index in [-0.39, 0.29) is 33.5 Å². The van der Waals surface area contributed by atoms with Gasteiger partial charge in [0, 0.05) is 12.8 Å². The fraction of sp³-hybridized carbons (Fsp3) is 0.892. The van der Waals surface area contributed by atoms with Gasteiger partial charge >= 0.3 is 5.97 Å². The lowest BCUT2D eigenvalue weighted by atomic mass is 10.0. The molecular formula is C37H71O5P. The quantitative estimate of drug-likeness (QED) is 0.0328. The number of hydrogen-bond acceptors (Lipinski definition) is 5. The molecule has 0 spiro atoms. The van der Waals surface area contributed by atoms with Crippen molar-refractivity contribution < 1.29 is 24.0 Å². The smallest absolute Gasteiger partial charge is 0.305 e. The van der Waals surface area contributed by atoms with Crippen LogP contribution in [0.15, 0.2) is 12.2 Å². The first-order valence-electron chi connectivity index (χ1n) is 18.5. The maximum atomic E-state index is 12.2. The first kappa shape index (κ1) is 42.2. The van der Waals surface area contributed by atoms with Crippen LogP contribution in [0.1, 0.15) is 194 Å². The topological polar surface area (TPSA) is 72.8 Å². The Bertz CT molecular complexity index is 624. The second-order valence-electron chi connectivity index (χ2n) is 12.5. The van der Waals surface area contributed by atoms with Crippen LogP contribution in [0.4, 0.5) is 0 Å². The highest BCUT2D eigenvalue weighted by Crippen LogP contribution is 2.21. The van der Waals surface area contributed by atoms with Crippen LogP contribution < -0.4 is 0 Å². The summed E-state index contributed by atoms with van der Waals surface area (Å²) in [5.41, 5.74) is 0.0781. The fourth-order valence-electron chi connectivity index (χ4n) is 5.23. The molecule has 6 heteroatoms. The number of unbranched alkanes of at least 4 members (excludes halogenated alkanes) is 23. The fourth-order valence-corrected chi connectivity index (χ4v) is 5.95. The van der Waals surface area contributed by atoms with Crippen LogP contribution in [0.2, 0.25) is 0 Å². The van der Waals surface area contributed by atoms with Gasteiger partial charge in [-0.1, -0.05) is 154 Å². The summed E-state index contributed by atoms with van der Waals surface area (Å²) in [4.78, 5) is 24.2. The number of allylic oxidation sites excluding steroid dienone is 2. The van der Waals surface area contributed by atoms with Crippen molar-refractivity contribution in [2.75, 3.05) is 13.2 Å². The van der Waals surface area contributed by atoms with E-state index in [4.69, 9.17) is 9.26 Å². The summed E-state index contributed by atoms with van der Waals surface area (Å²) in [5.74, 6) is -0.243. The molecule has 0 radical (unpaired) electrons. The van der Waals surface area contributed by atoms with E-state index < -0.39 is 6.10 Å². The molecule has 0 amide bonds. The van der Waals surface area contributed by atoms with Gasteiger partial charge in [-0.2, -0.15) is 0 Å². The highest BCUT2D eigenvalue weighted by atomic mass is 31.1. The van der Waals surface area contributed by atoms with Crippen molar-refractivity contribution in [3.05, 3.63) is 12.2 Å². The van der Waals surface area contributed by atoms with Gasteiger partial charge in [-0.25, -0.2) is 0 Å². The minimum Gasteiger partial charge on any atom is -0.463 e. The van der Waals surface area contributed by atoms with E-state index in [0.29, 0.717) is 12.8 Å². The molecule has 254 valence electrons. The molecule has 43 heavy (non-hydrogen) atoms. The molecule has 0 aromatic carbocycles. The van der Waals surface area contributed by atoms with Gasteiger partial charge in [-0.3, -0.25) is 9.59 Å². The molecule has 2 unspecified atom stereocenters. The van der Waals surface area contributed by atoms with Gasteiger partial charge in [0.15, 0.2) is 5.52 Å². The molecule has 0 aliphatic rings. The van der Waals surface area contributed by atoms with Crippen molar-refractivity contribution in [1.82, 2.24) is 0 Å². The van der Waals surface area contributed by atoms with E-state index in [1.54, 1.807) is 0 Å². The molecule has 0 heterocycles. The average Bonchev–Trinajstić information content (AvgIpc) is 3.01. The molecule has 0 aromatic rings. The van der Waals surface area contributed by atoms with Crippen molar-refractivity contribution >= 4 is 20.3 Å². The Balaban J connectivity index is 3.54. The van der Waals surface area contributed by atoms with Gasteiger partial charge in [0.2, 0.25) is 0 Å². The number of hydrogen-bond donors (Lipinski definition) is 1. The Labute approximate surface area is 269 Å². The zero-order chi connectivity index (χ0) is 31.5. The summed E-state index contributed by atoms with van der Waals surface area (Å²) in [5, 5.41) is 9.54. The summed E-state index contributed by atoms with van der Waals surface area (Å²) in [6, 6.07) is 0. The summed E-state index contributed by atoms with van der Waals surface area (Å²) in [6.07, 6.45) is 37.6. The molecule has 0 aromatic heterocycles. The standard InChI is InChI=1S/C37H71O5P/c1-3-5-7-9-11-13-15-17-18-20-22-24-26-28-30-32-37(40)43-42-35(33-38)34-41-36(39)31-29-27-25-23-21-19-16-14-12-10-8-6-4-2/h17-18,35,38,43H,3-16,19-34H2,1-2H3/b18-17-. The summed E-state index contributed by atoms with van der Waals surface area (Å²) >= 11 is 0. The zero-order valence-corrected chi connectivity index (χ0v) is 29.5. The van der Waals surface area contributed by atoms with E-state index in [9.17, 15) is 14.7 Å². The summed E-state index contributed by atoms with van der Waals surface area (Å²) in [6.45, 7) is 4.29. The molecule has 0 fully saturated rings. The first-order chi connectivity index (χ1) is 21.1.